The Bertz CT molecular complexity index is 1040. The summed E-state index contributed by atoms with van der Waals surface area (Å²) in [5, 5.41) is 4.32. The molecule has 0 nitrogen and oxygen atoms in total. The summed E-state index contributed by atoms with van der Waals surface area (Å²) in [5.74, 6) is 0. The first-order valence-electron chi connectivity index (χ1n) is 9.23. The van der Waals surface area contributed by atoms with Gasteiger partial charge in [0.25, 0.3) is 0 Å². The van der Waals surface area contributed by atoms with Crippen LogP contribution in [0.2, 0.25) is 19.6 Å². The van der Waals surface area contributed by atoms with Crippen molar-refractivity contribution in [2.24, 2.45) is 0 Å². The van der Waals surface area contributed by atoms with Crippen molar-refractivity contribution >= 4 is 24.0 Å². The van der Waals surface area contributed by atoms with Crippen LogP contribution in [0.1, 0.15) is 0 Å². The number of fused-ring (bicyclic) bond motifs is 1. The van der Waals surface area contributed by atoms with Gasteiger partial charge in [-0.25, -0.2) is 0 Å². The van der Waals surface area contributed by atoms with E-state index in [0.717, 1.165) is 0 Å². The minimum absolute atomic E-state index is 1.28. The van der Waals surface area contributed by atoms with Gasteiger partial charge in [-0.05, 0) is 44.3 Å². The third kappa shape index (κ3) is 3.00. The molecule has 0 heterocycles. The Kier molecular flexibility index (Phi) is 4.26. The van der Waals surface area contributed by atoms with Gasteiger partial charge in [0.05, 0.1) is 8.07 Å². The minimum Gasteiger partial charge on any atom is -0.0656 e. The highest BCUT2D eigenvalue weighted by molar-refractivity contribution is 6.91. The third-order valence-corrected chi connectivity index (χ3v) is 7.00. The van der Waals surface area contributed by atoms with Crippen LogP contribution in [0.25, 0.3) is 33.0 Å². The van der Waals surface area contributed by atoms with Crippen molar-refractivity contribution in [1.29, 1.82) is 0 Å². The standard InChI is InChI=1S/C25H24Si/c1-26(2,3)25-22-17-11-10-16-21(22)23(19-12-6-4-7-13-19)18-24(25)20-14-8-5-9-15-20/h4-18H,1-3H3. The lowest BCUT2D eigenvalue weighted by Gasteiger charge is -2.25. The first-order valence-corrected chi connectivity index (χ1v) is 12.7. The zero-order valence-corrected chi connectivity index (χ0v) is 16.7. The Labute approximate surface area is 157 Å². The van der Waals surface area contributed by atoms with E-state index >= 15 is 0 Å². The molecule has 0 aromatic heterocycles. The molecule has 0 N–H and O–H groups in total. The lowest BCUT2D eigenvalue weighted by atomic mass is 9.93. The summed E-state index contributed by atoms with van der Waals surface area (Å²) < 4.78 is 0. The molecule has 4 rings (SSSR count). The van der Waals surface area contributed by atoms with Crippen LogP contribution in [0, 0.1) is 0 Å². The van der Waals surface area contributed by atoms with Crippen molar-refractivity contribution in [3.8, 4) is 22.3 Å². The molecule has 0 unspecified atom stereocenters. The summed E-state index contributed by atoms with van der Waals surface area (Å²) in [4.78, 5) is 0. The second kappa shape index (κ2) is 6.58. The van der Waals surface area contributed by atoms with E-state index in [1.54, 1.807) is 5.19 Å². The molecule has 0 aliphatic carbocycles. The lowest BCUT2D eigenvalue weighted by Crippen LogP contribution is -2.39. The predicted molar refractivity (Wildman–Crippen MR) is 118 cm³/mol. The van der Waals surface area contributed by atoms with Gasteiger partial charge in [0.1, 0.15) is 0 Å². The van der Waals surface area contributed by atoms with E-state index < -0.39 is 8.07 Å². The fourth-order valence-electron chi connectivity index (χ4n) is 3.89. The SMILES string of the molecule is C[Si](C)(C)c1c(-c2ccccc2)cc(-c2ccccc2)c2ccccc12. The topological polar surface area (TPSA) is 0 Å². The molecule has 1 heteroatoms. The van der Waals surface area contributed by atoms with Gasteiger partial charge >= 0.3 is 0 Å². The Morgan fingerprint density at radius 1 is 0.500 bits per heavy atom. The maximum absolute atomic E-state index is 2.45. The molecule has 26 heavy (non-hydrogen) atoms. The van der Waals surface area contributed by atoms with E-state index in [4.69, 9.17) is 0 Å². The molecule has 128 valence electrons. The van der Waals surface area contributed by atoms with Crippen LogP contribution in [0.3, 0.4) is 0 Å². The molecular weight excluding hydrogens is 328 g/mol. The Morgan fingerprint density at radius 3 is 1.50 bits per heavy atom. The highest BCUT2D eigenvalue weighted by atomic mass is 28.3. The van der Waals surface area contributed by atoms with E-state index in [0.29, 0.717) is 0 Å². The summed E-state index contributed by atoms with van der Waals surface area (Å²) in [7, 11) is -1.55. The quantitative estimate of drug-likeness (QED) is 0.359. The van der Waals surface area contributed by atoms with E-state index in [-0.39, 0.29) is 0 Å². The van der Waals surface area contributed by atoms with Crippen molar-refractivity contribution < 1.29 is 0 Å². The smallest absolute Gasteiger partial charge is 0.0656 e. The fraction of sp³-hybridized carbons (Fsp3) is 0.120. The molecular formula is C25H24Si. The highest BCUT2D eigenvalue weighted by Gasteiger charge is 2.25. The molecule has 4 aromatic carbocycles. The summed E-state index contributed by atoms with van der Waals surface area (Å²) >= 11 is 0. The van der Waals surface area contributed by atoms with Crippen LogP contribution in [-0.2, 0) is 0 Å². The third-order valence-electron chi connectivity index (χ3n) is 4.96. The van der Waals surface area contributed by atoms with Crippen LogP contribution in [0.15, 0.2) is 91.0 Å². The maximum Gasteiger partial charge on any atom is 0.0792 e. The molecule has 0 aliphatic rings. The predicted octanol–water partition coefficient (Wildman–Crippen LogP) is 6.72. The Morgan fingerprint density at radius 2 is 0.962 bits per heavy atom. The first-order chi connectivity index (χ1) is 12.6. The first kappa shape index (κ1) is 16.8. The van der Waals surface area contributed by atoms with Crippen LogP contribution in [-0.4, -0.2) is 8.07 Å². The molecule has 0 fully saturated rings. The molecule has 0 aliphatic heterocycles. The van der Waals surface area contributed by atoms with E-state index in [1.165, 1.54) is 33.0 Å². The van der Waals surface area contributed by atoms with Crippen molar-refractivity contribution in [3.05, 3.63) is 91.0 Å². The Hall–Kier alpha value is -2.64. The summed E-state index contributed by atoms with van der Waals surface area (Å²) in [6.07, 6.45) is 0. The number of benzene rings is 4. The van der Waals surface area contributed by atoms with Crippen molar-refractivity contribution in [1.82, 2.24) is 0 Å². The lowest BCUT2D eigenvalue weighted by molar-refractivity contribution is 1.61. The van der Waals surface area contributed by atoms with Crippen molar-refractivity contribution in [2.45, 2.75) is 19.6 Å². The number of rotatable bonds is 3. The highest BCUT2D eigenvalue weighted by Crippen LogP contribution is 2.34. The van der Waals surface area contributed by atoms with Gasteiger partial charge < -0.3 is 0 Å². The van der Waals surface area contributed by atoms with E-state index in [2.05, 4.69) is 111 Å². The van der Waals surface area contributed by atoms with Crippen LogP contribution in [0.4, 0.5) is 0 Å². The number of hydrogen-bond donors (Lipinski definition) is 0. The molecule has 0 spiro atoms. The zero-order chi connectivity index (χ0) is 18.1. The van der Waals surface area contributed by atoms with Crippen molar-refractivity contribution in [3.63, 3.8) is 0 Å². The monoisotopic (exact) mass is 352 g/mol. The molecule has 0 bridgehead atoms. The second-order valence-corrected chi connectivity index (χ2v) is 12.9. The zero-order valence-electron chi connectivity index (χ0n) is 15.7. The summed E-state index contributed by atoms with van der Waals surface area (Å²) in [6, 6.07) is 32.9. The van der Waals surface area contributed by atoms with Crippen LogP contribution < -0.4 is 5.19 Å². The number of hydrogen-bond acceptors (Lipinski definition) is 0. The molecule has 0 saturated carbocycles. The minimum atomic E-state index is -1.55. The summed E-state index contributed by atoms with van der Waals surface area (Å²) in [5.41, 5.74) is 5.31. The normalized spacial score (nSPS) is 11.7. The van der Waals surface area contributed by atoms with Gasteiger partial charge in [0.15, 0.2) is 0 Å². The fourth-order valence-corrected chi connectivity index (χ4v) is 5.94. The molecule has 0 radical (unpaired) electrons. The van der Waals surface area contributed by atoms with E-state index in [9.17, 15) is 0 Å². The Balaban J connectivity index is 2.15. The van der Waals surface area contributed by atoms with Gasteiger partial charge in [0.2, 0.25) is 0 Å². The summed E-state index contributed by atoms with van der Waals surface area (Å²) in [6.45, 7) is 7.34. The van der Waals surface area contributed by atoms with Gasteiger partial charge in [-0.15, -0.1) is 0 Å². The maximum atomic E-state index is 2.45. The van der Waals surface area contributed by atoms with Crippen LogP contribution in [0.5, 0.6) is 0 Å². The molecule has 0 amide bonds. The second-order valence-electron chi connectivity index (χ2n) is 7.87. The van der Waals surface area contributed by atoms with Gasteiger partial charge in [-0.3, -0.25) is 0 Å². The molecule has 4 aromatic rings. The average molecular weight is 353 g/mol. The average Bonchev–Trinajstić information content (AvgIpc) is 2.67. The molecule has 0 saturated heterocycles. The molecule has 0 atom stereocenters. The largest absolute Gasteiger partial charge is 0.0792 e. The van der Waals surface area contributed by atoms with Gasteiger partial charge in [0, 0.05) is 0 Å². The van der Waals surface area contributed by atoms with Gasteiger partial charge in [-0.2, -0.15) is 0 Å². The van der Waals surface area contributed by atoms with E-state index in [1.807, 2.05) is 0 Å². The van der Waals surface area contributed by atoms with Crippen LogP contribution >= 0.6 is 0 Å². The van der Waals surface area contributed by atoms with Gasteiger partial charge in [-0.1, -0.05) is 105 Å². The van der Waals surface area contributed by atoms with Crippen molar-refractivity contribution in [2.75, 3.05) is 0 Å².